The molecule has 1 aliphatic rings. The van der Waals surface area contributed by atoms with Crippen molar-refractivity contribution in [1.29, 1.82) is 0 Å². The Kier molecular flexibility index (Phi) is 5.59. The van der Waals surface area contributed by atoms with E-state index in [4.69, 9.17) is 4.74 Å². The first kappa shape index (κ1) is 18.8. The van der Waals surface area contributed by atoms with Gasteiger partial charge < -0.3 is 9.64 Å². The number of ether oxygens (including phenoxy) is 1. The summed E-state index contributed by atoms with van der Waals surface area (Å²) < 4.78 is 31.9. The molecule has 0 N–H and O–H groups in total. The maximum atomic E-state index is 12.7. The zero-order chi connectivity index (χ0) is 18.7. The number of carbonyl (C=O) groups is 1. The molecule has 1 amide bonds. The molecule has 1 saturated heterocycles. The Balaban J connectivity index is 1.60. The third kappa shape index (κ3) is 4.05. The number of thiazole rings is 1. The number of benzene rings is 1. The second-order valence-corrected chi connectivity index (χ2v) is 9.00. The van der Waals surface area contributed by atoms with Gasteiger partial charge in [0, 0.05) is 31.6 Å². The van der Waals surface area contributed by atoms with Gasteiger partial charge in [0.1, 0.15) is 5.75 Å². The van der Waals surface area contributed by atoms with Crippen LogP contribution in [0.3, 0.4) is 0 Å². The number of aromatic nitrogens is 1. The van der Waals surface area contributed by atoms with Gasteiger partial charge in [0.15, 0.2) is 0 Å². The summed E-state index contributed by atoms with van der Waals surface area (Å²) in [5.41, 5.74) is 0.769. The fourth-order valence-electron chi connectivity index (χ4n) is 2.83. The maximum Gasteiger partial charge on any atom is 0.243 e. The van der Waals surface area contributed by atoms with Crippen molar-refractivity contribution in [3.63, 3.8) is 0 Å². The Bertz CT molecular complexity index is 870. The van der Waals surface area contributed by atoms with E-state index in [0.29, 0.717) is 18.8 Å². The second kappa shape index (κ2) is 7.73. The van der Waals surface area contributed by atoms with Crippen molar-refractivity contribution < 1.29 is 17.9 Å². The molecular weight excluding hydrogens is 374 g/mol. The highest BCUT2D eigenvalue weighted by Crippen LogP contribution is 2.21. The number of hydrogen-bond acceptors (Lipinski definition) is 6. The lowest BCUT2D eigenvalue weighted by molar-refractivity contribution is -0.131. The van der Waals surface area contributed by atoms with E-state index in [1.165, 1.54) is 34.9 Å². The van der Waals surface area contributed by atoms with Crippen LogP contribution >= 0.6 is 11.3 Å². The van der Waals surface area contributed by atoms with E-state index in [9.17, 15) is 13.2 Å². The van der Waals surface area contributed by atoms with Crippen molar-refractivity contribution in [2.45, 2.75) is 18.2 Å². The topological polar surface area (TPSA) is 79.8 Å². The van der Waals surface area contributed by atoms with Crippen LogP contribution in [0.5, 0.6) is 5.75 Å². The number of carbonyl (C=O) groups excluding carboxylic acids is 1. The van der Waals surface area contributed by atoms with E-state index < -0.39 is 10.0 Å². The lowest BCUT2D eigenvalue weighted by atomic mass is 10.2. The van der Waals surface area contributed by atoms with Crippen LogP contribution in [-0.4, -0.2) is 61.8 Å². The van der Waals surface area contributed by atoms with Gasteiger partial charge >= 0.3 is 0 Å². The highest BCUT2D eigenvalue weighted by atomic mass is 32.2. The van der Waals surface area contributed by atoms with Crippen LogP contribution in [0.4, 0.5) is 0 Å². The van der Waals surface area contributed by atoms with Crippen LogP contribution in [0.2, 0.25) is 0 Å². The van der Waals surface area contributed by atoms with Crippen LogP contribution in [0.15, 0.2) is 34.5 Å². The Labute approximate surface area is 157 Å². The summed E-state index contributed by atoms with van der Waals surface area (Å²) in [4.78, 5) is 18.6. The van der Waals surface area contributed by atoms with Crippen LogP contribution in [0, 0.1) is 6.92 Å². The van der Waals surface area contributed by atoms with Gasteiger partial charge in [-0.05, 0) is 31.2 Å². The molecule has 9 heteroatoms. The SMILES string of the molecule is COc1ccc(S(=O)(=O)N2CCN(C(=O)Cc3csc(C)n3)CC2)cc1. The summed E-state index contributed by atoms with van der Waals surface area (Å²) in [7, 11) is -2.03. The smallest absolute Gasteiger partial charge is 0.243 e. The summed E-state index contributed by atoms with van der Waals surface area (Å²) in [6.45, 7) is 3.25. The lowest BCUT2D eigenvalue weighted by Gasteiger charge is -2.34. The largest absolute Gasteiger partial charge is 0.497 e. The molecule has 0 unspecified atom stereocenters. The Hall–Kier alpha value is -1.97. The van der Waals surface area contributed by atoms with Crippen LogP contribution in [0.1, 0.15) is 10.7 Å². The van der Waals surface area contributed by atoms with Crippen molar-refractivity contribution in [2.75, 3.05) is 33.3 Å². The summed E-state index contributed by atoms with van der Waals surface area (Å²) in [5, 5.41) is 2.82. The van der Waals surface area contributed by atoms with Gasteiger partial charge in [-0.2, -0.15) is 4.31 Å². The molecule has 0 aliphatic carbocycles. The first-order valence-corrected chi connectivity index (χ1v) is 10.5. The third-order valence-corrected chi connectivity index (χ3v) is 7.02. The van der Waals surface area contributed by atoms with E-state index in [-0.39, 0.29) is 30.3 Å². The highest BCUT2D eigenvalue weighted by Gasteiger charge is 2.30. The molecule has 1 aromatic heterocycles. The predicted molar refractivity (Wildman–Crippen MR) is 98.9 cm³/mol. The number of piperazine rings is 1. The van der Waals surface area contributed by atoms with Crippen molar-refractivity contribution in [1.82, 2.24) is 14.2 Å². The number of methoxy groups -OCH3 is 1. The van der Waals surface area contributed by atoms with Crippen molar-refractivity contribution in [3.8, 4) is 5.75 Å². The third-order valence-electron chi connectivity index (χ3n) is 4.29. The minimum atomic E-state index is -3.56. The Morgan fingerprint density at radius 3 is 2.38 bits per heavy atom. The molecule has 0 saturated carbocycles. The number of amides is 1. The molecule has 1 aromatic carbocycles. The van der Waals surface area contributed by atoms with Gasteiger partial charge in [-0.25, -0.2) is 13.4 Å². The molecule has 0 spiro atoms. The van der Waals surface area contributed by atoms with Gasteiger partial charge in [-0.3, -0.25) is 4.79 Å². The molecule has 0 bridgehead atoms. The quantitative estimate of drug-likeness (QED) is 0.767. The number of nitrogens with zero attached hydrogens (tertiary/aromatic N) is 3. The number of sulfonamides is 1. The second-order valence-electron chi connectivity index (χ2n) is 6.00. The molecule has 7 nitrogen and oxygen atoms in total. The molecule has 1 fully saturated rings. The van der Waals surface area contributed by atoms with E-state index in [0.717, 1.165) is 10.7 Å². The van der Waals surface area contributed by atoms with Crippen LogP contribution in [0.25, 0.3) is 0 Å². The number of hydrogen-bond donors (Lipinski definition) is 0. The van der Waals surface area contributed by atoms with Crippen molar-refractivity contribution in [3.05, 3.63) is 40.3 Å². The normalized spacial score (nSPS) is 15.8. The fraction of sp³-hybridized carbons (Fsp3) is 0.412. The van der Waals surface area contributed by atoms with Gasteiger partial charge in [0.05, 0.1) is 29.1 Å². The summed E-state index contributed by atoms with van der Waals surface area (Å²) in [5.74, 6) is 0.591. The number of rotatable bonds is 5. The molecule has 0 radical (unpaired) electrons. The first-order valence-electron chi connectivity index (χ1n) is 8.23. The van der Waals surface area contributed by atoms with E-state index >= 15 is 0 Å². The van der Waals surface area contributed by atoms with E-state index in [1.807, 2.05) is 12.3 Å². The lowest BCUT2D eigenvalue weighted by Crippen LogP contribution is -2.50. The van der Waals surface area contributed by atoms with Gasteiger partial charge in [0.2, 0.25) is 15.9 Å². The maximum absolute atomic E-state index is 12.7. The van der Waals surface area contributed by atoms with Gasteiger partial charge in [-0.15, -0.1) is 11.3 Å². The van der Waals surface area contributed by atoms with Crippen LogP contribution < -0.4 is 4.74 Å². The summed E-state index contributed by atoms with van der Waals surface area (Å²) >= 11 is 1.52. The molecule has 1 aliphatic heterocycles. The molecule has 3 rings (SSSR count). The average molecular weight is 396 g/mol. The molecule has 0 atom stereocenters. The van der Waals surface area contributed by atoms with Crippen molar-refractivity contribution in [2.24, 2.45) is 0 Å². The fourth-order valence-corrected chi connectivity index (χ4v) is 4.87. The van der Waals surface area contributed by atoms with Gasteiger partial charge in [-0.1, -0.05) is 0 Å². The Morgan fingerprint density at radius 1 is 1.19 bits per heavy atom. The molecule has 140 valence electrons. The van der Waals surface area contributed by atoms with Gasteiger partial charge in [0.25, 0.3) is 0 Å². The van der Waals surface area contributed by atoms with Crippen LogP contribution in [-0.2, 0) is 21.2 Å². The van der Waals surface area contributed by atoms with Crippen molar-refractivity contribution >= 4 is 27.3 Å². The minimum Gasteiger partial charge on any atom is -0.497 e. The minimum absolute atomic E-state index is 0.0169. The monoisotopic (exact) mass is 395 g/mol. The molecular formula is C17H21N3O4S2. The Morgan fingerprint density at radius 2 is 1.85 bits per heavy atom. The van der Waals surface area contributed by atoms with E-state index in [1.54, 1.807) is 17.0 Å². The molecule has 2 heterocycles. The first-order chi connectivity index (χ1) is 12.4. The predicted octanol–water partition coefficient (Wildman–Crippen LogP) is 1.54. The summed E-state index contributed by atoms with van der Waals surface area (Å²) in [6.07, 6.45) is 0.259. The molecule has 26 heavy (non-hydrogen) atoms. The standard InChI is InChI=1S/C17H21N3O4S2/c1-13-18-14(12-25-13)11-17(21)19-7-9-20(10-8-19)26(22,23)16-5-3-15(24-2)4-6-16/h3-6,12H,7-11H2,1-2H3. The average Bonchev–Trinajstić information content (AvgIpc) is 3.06. The number of aryl methyl sites for hydroxylation is 1. The highest BCUT2D eigenvalue weighted by molar-refractivity contribution is 7.89. The zero-order valence-corrected chi connectivity index (χ0v) is 16.3. The summed E-state index contributed by atoms with van der Waals surface area (Å²) in [6, 6.07) is 6.33. The molecule has 2 aromatic rings. The zero-order valence-electron chi connectivity index (χ0n) is 14.7. The van der Waals surface area contributed by atoms with E-state index in [2.05, 4.69) is 4.98 Å².